The molecule has 6 heteroatoms. The summed E-state index contributed by atoms with van der Waals surface area (Å²) < 4.78 is 5.32. The van der Waals surface area contributed by atoms with Gasteiger partial charge in [-0.25, -0.2) is 0 Å². The Morgan fingerprint density at radius 3 is 2.73 bits per heavy atom. The highest BCUT2D eigenvalue weighted by atomic mass is 16.5. The van der Waals surface area contributed by atoms with Crippen LogP contribution >= 0.6 is 0 Å². The van der Waals surface area contributed by atoms with Crippen molar-refractivity contribution in [3.8, 4) is 5.75 Å². The first-order valence-electron chi connectivity index (χ1n) is 7.45. The van der Waals surface area contributed by atoms with Crippen molar-refractivity contribution in [2.75, 3.05) is 32.8 Å². The molecular formula is C16H23N3O3. The molecular weight excluding hydrogens is 282 g/mol. The van der Waals surface area contributed by atoms with Crippen LogP contribution < -0.4 is 15.8 Å². The van der Waals surface area contributed by atoms with E-state index in [0.29, 0.717) is 25.4 Å². The fourth-order valence-electron chi connectivity index (χ4n) is 2.41. The molecule has 2 amide bonds. The molecule has 0 bridgehead atoms. The molecule has 120 valence electrons. The molecule has 3 N–H and O–H groups in total. The van der Waals surface area contributed by atoms with Gasteiger partial charge in [-0.15, -0.1) is 0 Å². The van der Waals surface area contributed by atoms with Gasteiger partial charge in [0.2, 0.25) is 5.91 Å². The van der Waals surface area contributed by atoms with E-state index in [2.05, 4.69) is 12.2 Å². The standard InChI is InChI=1S/C16H23N3O3/c1-16(11-17)7-8-19(12-16)15(21)9-18-14(20)10-22-13-5-3-2-4-6-13/h2-6H,7-12,17H2,1H3,(H,18,20). The molecule has 0 spiro atoms. The van der Waals surface area contributed by atoms with Gasteiger partial charge in [-0.05, 0) is 30.5 Å². The van der Waals surface area contributed by atoms with E-state index in [-0.39, 0.29) is 30.4 Å². The highest BCUT2D eigenvalue weighted by Crippen LogP contribution is 2.28. The van der Waals surface area contributed by atoms with Crippen LogP contribution in [-0.2, 0) is 9.59 Å². The van der Waals surface area contributed by atoms with Crippen molar-refractivity contribution < 1.29 is 14.3 Å². The van der Waals surface area contributed by atoms with Gasteiger partial charge in [-0.3, -0.25) is 9.59 Å². The number of rotatable bonds is 6. The zero-order chi connectivity index (χ0) is 16.0. The lowest BCUT2D eigenvalue weighted by atomic mass is 9.90. The van der Waals surface area contributed by atoms with Crippen molar-refractivity contribution in [3.05, 3.63) is 30.3 Å². The summed E-state index contributed by atoms with van der Waals surface area (Å²) in [7, 11) is 0. The normalized spacial score (nSPS) is 20.7. The fourth-order valence-corrected chi connectivity index (χ4v) is 2.41. The van der Waals surface area contributed by atoms with Crippen molar-refractivity contribution in [1.82, 2.24) is 10.2 Å². The first-order chi connectivity index (χ1) is 10.5. The Morgan fingerprint density at radius 2 is 2.09 bits per heavy atom. The molecule has 0 radical (unpaired) electrons. The topological polar surface area (TPSA) is 84.7 Å². The Balaban J connectivity index is 1.69. The van der Waals surface area contributed by atoms with Crippen molar-refractivity contribution in [2.24, 2.45) is 11.1 Å². The SMILES string of the molecule is CC1(CN)CCN(C(=O)CNC(=O)COc2ccccc2)C1. The molecule has 1 aromatic carbocycles. The second-order valence-corrected chi connectivity index (χ2v) is 5.96. The van der Waals surface area contributed by atoms with Crippen LogP contribution in [0, 0.1) is 5.41 Å². The lowest BCUT2D eigenvalue weighted by Crippen LogP contribution is -2.42. The first-order valence-corrected chi connectivity index (χ1v) is 7.45. The summed E-state index contributed by atoms with van der Waals surface area (Å²) in [5.74, 6) is 0.241. The lowest BCUT2D eigenvalue weighted by Gasteiger charge is -2.22. The van der Waals surface area contributed by atoms with Crippen LogP contribution in [0.2, 0.25) is 0 Å². The predicted molar refractivity (Wildman–Crippen MR) is 83.3 cm³/mol. The van der Waals surface area contributed by atoms with Crippen LogP contribution in [0.5, 0.6) is 5.75 Å². The molecule has 0 saturated carbocycles. The molecule has 1 aromatic rings. The van der Waals surface area contributed by atoms with Crippen molar-refractivity contribution in [1.29, 1.82) is 0 Å². The Hall–Kier alpha value is -2.08. The maximum atomic E-state index is 12.1. The Labute approximate surface area is 130 Å². The van der Waals surface area contributed by atoms with E-state index >= 15 is 0 Å². The maximum absolute atomic E-state index is 12.1. The summed E-state index contributed by atoms with van der Waals surface area (Å²) in [4.78, 5) is 25.5. The van der Waals surface area contributed by atoms with Gasteiger partial charge < -0.3 is 20.7 Å². The van der Waals surface area contributed by atoms with Gasteiger partial charge in [-0.1, -0.05) is 25.1 Å². The molecule has 1 aliphatic rings. The minimum absolute atomic E-state index is 0.00235. The summed E-state index contributed by atoms with van der Waals surface area (Å²) in [6.07, 6.45) is 0.903. The number of hydrogen-bond acceptors (Lipinski definition) is 4. The zero-order valence-electron chi connectivity index (χ0n) is 12.9. The highest BCUT2D eigenvalue weighted by Gasteiger charge is 2.34. The summed E-state index contributed by atoms with van der Waals surface area (Å²) in [6.45, 7) is 3.89. The van der Waals surface area contributed by atoms with Gasteiger partial charge in [0, 0.05) is 13.1 Å². The number of carbonyl (C=O) groups is 2. The molecule has 22 heavy (non-hydrogen) atoms. The molecule has 1 aliphatic heterocycles. The number of nitrogens with zero attached hydrogens (tertiary/aromatic N) is 1. The summed E-state index contributed by atoms with van der Waals surface area (Å²) in [5, 5.41) is 2.59. The molecule has 0 aliphatic carbocycles. The average molecular weight is 305 g/mol. The number of nitrogens with one attached hydrogen (secondary N) is 1. The van der Waals surface area contributed by atoms with Crippen LogP contribution in [-0.4, -0.2) is 49.5 Å². The van der Waals surface area contributed by atoms with Crippen LogP contribution in [0.4, 0.5) is 0 Å². The molecule has 1 unspecified atom stereocenters. The third-order valence-electron chi connectivity index (χ3n) is 3.95. The lowest BCUT2D eigenvalue weighted by molar-refractivity contribution is -0.132. The van der Waals surface area contributed by atoms with Crippen LogP contribution in [0.1, 0.15) is 13.3 Å². The highest BCUT2D eigenvalue weighted by molar-refractivity contribution is 5.85. The van der Waals surface area contributed by atoms with Crippen LogP contribution in [0.25, 0.3) is 0 Å². The van der Waals surface area contributed by atoms with Crippen LogP contribution in [0.15, 0.2) is 30.3 Å². The third-order valence-corrected chi connectivity index (χ3v) is 3.95. The van der Waals surface area contributed by atoms with E-state index in [0.717, 1.165) is 6.42 Å². The molecule has 0 aromatic heterocycles. The number of hydrogen-bond donors (Lipinski definition) is 2. The molecule has 6 nitrogen and oxygen atoms in total. The van der Waals surface area contributed by atoms with E-state index in [9.17, 15) is 9.59 Å². The van der Waals surface area contributed by atoms with Gasteiger partial charge >= 0.3 is 0 Å². The van der Waals surface area contributed by atoms with Gasteiger partial charge in [0.25, 0.3) is 5.91 Å². The monoisotopic (exact) mass is 305 g/mol. The van der Waals surface area contributed by atoms with Gasteiger partial charge in [0.15, 0.2) is 6.61 Å². The second-order valence-electron chi connectivity index (χ2n) is 5.96. The molecule has 1 atom stereocenters. The number of likely N-dealkylation sites (tertiary alicyclic amines) is 1. The van der Waals surface area contributed by atoms with Gasteiger partial charge in [0.05, 0.1) is 6.54 Å². The smallest absolute Gasteiger partial charge is 0.258 e. The maximum Gasteiger partial charge on any atom is 0.258 e. The summed E-state index contributed by atoms with van der Waals surface area (Å²) >= 11 is 0. The molecule has 1 saturated heterocycles. The van der Waals surface area contributed by atoms with Crippen molar-refractivity contribution >= 4 is 11.8 Å². The zero-order valence-corrected chi connectivity index (χ0v) is 12.9. The molecule has 1 fully saturated rings. The average Bonchev–Trinajstić information content (AvgIpc) is 2.95. The van der Waals surface area contributed by atoms with E-state index < -0.39 is 0 Å². The number of carbonyl (C=O) groups excluding carboxylic acids is 2. The Kier molecular flexibility index (Phi) is 5.38. The summed E-state index contributed by atoms with van der Waals surface area (Å²) in [6, 6.07) is 9.08. The number of nitrogens with two attached hydrogens (primary N) is 1. The van der Waals surface area contributed by atoms with E-state index in [1.807, 2.05) is 18.2 Å². The number of benzene rings is 1. The second kappa shape index (κ2) is 7.26. The minimum atomic E-state index is -0.307. The van der Waals surface area contributed by atoms with Crippen molar-refractivity contribution in [2.45, 2.75) is 13.3 Å². The van der Waals surface area contributed by atoms with Crippen LogP contribution in [0.3, 0.4) is 0 Å². The fraction of sp³-hybridized carbons (Fsp3) is 0.500. The van der Waals surface area contributed by atoms with Gasteiger partial charge in [-0.2, -0.15) is 0 Å². The molecule has 1 heterocycles. The van der Waals surface area contributed by atoms with Crippen molar-refractivity contribution in [3.63, 3.8) is 0 Å². The molecule has 2 rings (SSSR count). The largest absolute Gasteiger partial charge is 0.484 e. The van der Waals surface area contributed by atoms with Gasteiger partial charge in [0.1, 0.15) is 5.75 Å². The minimum Gasteiger partial charge on any atom is -0.484 e. The number of amides is 2. The third kappa shape index (κ3) is 4.46. The van der Waals surface area contributed by atoms with E-state index in [1.165, 1.54) is 0 Å². The Bertz CT molecular complexity index is 521. The Morgan fingerprint density at radius 1 is 1.36 bits per heavy atom. The quantitative estimate of drug-likeness (QED) is 0.796. The van der Waals surface area contributed by atoms with E-state index in [4.69, 9.17) is 10.5 Å². The van der Waals surface area contributed by atoms with E-state index in [1.54, 1.807) is 17.0 Å². The number of para-hydroxylation sites is 1. The summed E-state index contributed by atoms with van der Waals surface area (Å²) in [5.41, 5.74) is 5.72. The first kappa shape index (κ1) is 16.3. The number of ether oxygens (including phenoxy) is 1. The predicted octanol–water partition coefficient (Wildman–Crippen LogP) is 0.379.